The Morgan fingerprint density at radius 3 is 2.95 bits per heavy atom. The van der Waals surface area contributed by atoms with Crippen LogP contribution in [0.2, 0.25) is 0 Å². The van der Waals surface area contributed by atoms with Gasteiger partial charge in [-0.25, -0.2) is 9.37 Å². The Bertz CT molecular complexity index is 611. The molecular weight excluding hydrogens is 253 g/mol. The van der Waals surface area contributed by atoms with Crippen LogP contribution in [0.1, 0.15) is 11.4 Å². The van der Waals surface area contributed by atoms with Gasteiger partial charge in [-0.15, -0.1) is 0 Å². The molecule has 100 valence electrons. The molecule has 0 bridgehead atoms. The maximum Gasteiger partial charge on any atom is 0.170 e. The van der Waals surface area contributed by atoms with Crippen molar-refractivity contribution in [2.45, 2.75) is 6.61 Å². The first-order valence-electron chi connectivity index (χ1n) is 5.35. The van der Waals surface area contributed by atoms with Gasteiger partial charge in [0.1, 0.15) is 12.9 Å². The molecule has 0 radical (unpaired) electrons. The fraction of sp³-hybridized carbons (Fsp3) is 0.182. The van der Waals surface area contributed by atoms with Gasteiger partial charge in [0.15, 0.2) is 23.2 Å². The summed E-state index contributed by atoms with van der Waals surface area (Å²) in [5, 5.41) is 15.2. The molecule has 2 aromatic rings. The largest absolute Gasteiger partial charge is 0.483 e. The monoisotopic (exact) mass is 265 g/mol. The maximum atomic E-state index is 13.7. The summed E-state index contributed by atoms with van der Waals surface area (Å²) in [6, 6.07) is 4.02. The fourth-order valence-corrected chi connectivity index (χ4v) is 1.43. The fourth-order valence-electron chi connectivity index (χ4n) is 1.43. The van der Waals surface area contributed by atoms with Crippen LogP contribution in [0.3, 0.4) is 0 Å². The van der Waals surface area contributed by atoms with E-state index >= 15 is 0 Å². The zero-order valence-electron chi connectivity index (χ0n) is 10.1. The Morgan fingerprint density at radius 1 is 1.58 bits per heavy atom. The molecule has 0 saturated heterocycles. The number of nitrogens with two attached hydrogens (primary N) is 1. The van der Waals surface area contributed by atoms with E-state index in [1.165, 1.54) is 23.1 Å². The number of oxime groups is 1. The molecule has 0 spiro atoms. The molecule has 0 amide bonds. The predicted molar refractivity (Wildman–Crippen MR) is 64.2 cm³/mol. The Morgan fingerprint density at radius 2 is 2.37 bits per heavy atom. The van der Waals surface area contributed by atoms with Gasteiger partial charge in [-0.2, -0.15) is 5.10 Å². The zero-order valence-corrected chi connectivity index (χ0v) is 10.1. The molecular formula is C11H12FN5O2. The second kappa shape index (κ2) is 5.34. The van der Waals surface area contributed by atoms with Crippen LogP contribution in [0.4, 0.5) is 4.39 Å². The summed E-state index contributed by atoms with van der Waals surface area (Å²) in [4.78, 5) is 3.95. The van der Waals surface area contributed by atoms with E-state index in [9.17, 15) is 4.39 Å². The Hall–Kier alpha value is -2.64. The van der Waals surface area contributed by atoms with Gasteiger partial charge in [-0.1, -0.05) is 5.16 Å². The van der Waals surface area contributed by atoms with E-state index in [1.807, 2.05) is 0 Å². The van der Waals surface area contributed by atoms with Gasteiger partial charge in [0.05, 0.1) is 0 Å². The molecule has 1 aromatic carbocycles. The van der Waals surface area contributed by atoms with Gasteiger partial charge < -0.3 is 15.7 Å². The van der Waals surface area contributed by atoms with Crippen LogP contribution in [-0.4, -0.2) is 25.8 Å². The van der Waals surface area contributed by atoms with E-state index in [1.54, 1.807) is 7.05 Å². The van der Waals surface area contributed by atoms with Gasteiger partial charge in [0.25, 0.3) is 0 Å². The highest BCUT2D eigenvalue weighted by molar-refractivity contribution is 5.97. The summed E-state index contributed by atoms with van der Waals surface area (Å²) in [7, 11) is 1.71. The molecule has 0 aliphatic rings. The third kappa shape index (κ3) is 2.79. The second-order valence-corrected chi connectivity index (χ2v) is 3.72. The van der Waals surface area contributed by atoms with Crippen LogP contribution in [0.5, 0.6) is 5.75 Å². The van der Waals surface area contributed by atoms with Crippen molar-refractivity contribution in [3.05, 3.63) is 41.7 Å². The highest BCUT2D eigenvalue weighted by atomic mass is 19.1. The third-order valence-electron chi connectivity index (χ3n) is 2.50. The van der Waals surface area contributed by atoms with Crippen molar-refractivity contribution in [1.82, 2.24) is 14.8 Å². The number of rotatable bonds is 4. The number of nitrogens with zero attached hydrogens (tertiary/aromatic N) is 4. The maximum absolute atomic E-state index is 13.7. The first kappa shape index (κ1) is 12.8. The van der Waals surface area contributed by atoms with Crippen molar-refractivity contribution in [3.63, 3.8) is 0 Å². The summed E-state index contributed by atoms with van der Waals surface area (Å²) < 4.78 is 20.5. The normalized spacial score (nSPS) is 11.6. The van der Waals surface area contributed by atoms with Crippen molar-refractivity contribution < 1.29 is 14.3 Å². The molecule has 2 rings (SSSR count). The molecule has 0 fully saturated rings. The van der Waals surface area contributed by atoms with E-state index in [4.69, 9.17) is 15.7 Å². The third-order valence-corrected chi connectivity index (χ3v) is 2.50. The molecule has 0 atom stereocenters. The lowest BCUT2D eigenvalue weighted by molar-refractivity contribution is 0.275. The second-order valence-electron chi connectivity index (χ2n) is 3.72. The van der Waals surface area contributed by atoms with Crippen LogP contribution < -0.4 is 10.5 Å². The van der Waals surface area contributed by atoms with Crippen LogP contribution in [0.15, 0.2) is 29.7 Å². The van der Waals surface area contributed by atoms with Crippen molar-refractivity contribution >= 4 is 5.84 Å². The Labute approximate surface area is 108 Å². The highest BCUT2D eigenvalue weighted by Gasteiger charge is 2.09. The van der Waals surface area contributed by atoms with Crippen molar-refractivity contribution in [2.24, 2.45) is 17.9 Å². The Balaban J connectivity index is 2.12. The highest BCUT2D eigenvalue weighted by Crippen LogP contribution is 2.19. The molecule has 0 aliphatic carbocycles. The van der Waals surface area contributed by atoms with Crippen LogP contribution >= 0.6 is 0 Å². The minimum Gasteiger partial charge on any atom is -0.483 e. The standard InChI is InChI=1S/C11H12FN5O2/c1-17-10(14-6-15-17)5-19-9-3-2-7(4-8(9)12)11(13)16-18/h2-4,6,18H,5H2,1H3,(H2,13,16). The van der Waals surface area contributed by atoms with Gasteiger partial charge in [-0.3, -0.25) is 4.68 Å². The smallest absolute Gasteiger partial charge is 0.170 e. The number of aromatic nitrogens is 3. The molecule has 19 heavy (non-hydrogen) atoms. The predicted octanol–water partition coefficient (Wildman–Crippen LogP) is 0.628. The van der Waals surface area contributed by atoms with E-state index < -0.39 is 5.82 Å². The summed E-state index contributed by atoms with van der Waals surface area (Å²) in [6.45, 7) is 0.0936. The zero-order chi connectivity index (χ0) is 13.8. The number of ether oxygens (including phenoxy) is 1. The van der Waals surface area contributed by atoms with E-state index in [0.29, 0.717) is 5.82 Å². The SMILES string of the molecule is Cn1ncnc1COc1ccc(/C(N)=N/O)cc1F. The lowest BCUT2D eigenvalue weighted by Crippen LogP contribution is -2.13. The summed E-state index contributed by atoms with van der Waals surface area (Å²) in [6.07, 6.45) is 1.39. The first-order valence-corrected chi connectivity index (χ1v) is 5.35. The van der Waals surface area contributed by atoms with Crippen LogP contribution in [-0.2, 0) is 13.7 Å². The molecule has 8 heteroatoms. The quantitative estimate of drug-likeness (QED) is 0.365. The minimum absolute atomic E-state index is 0.0532. The summed E-state index contributed by atoms with van der Waals surface area (Å²) >= 11 is 0. The Kier molecular flexibility index (Phi) is 3.60. The van der Waals surface area contributed by atoms with Gasteiger partial charge in [0, 0.05) is 12.6 Å². The number of hydrogen-bond donors (Lipinski definition) is 2. The average Bonchev–Trinajstić information content (AvgIpc) is 2.82. The molecule has 1 heterocycles. The van der Waals surface area contributed by atoms with Crippen LogP contribution in [0.25, 0.3) is 0 Å². The summed E-state index contributed by atoms with van der Waals surface area (Å²) in [5.41, 5.74) is 5.62. The topological polar surface area (TPSA) is 98.5 Å². The average molecular weight is 265 g/mol. The van der Waals surface area contributed by atoms with E-state index in [2.05, 4.69) is 15.2 Å². The van der Waals surface area contributed by atoms with Gasteiger partial charge >= 0.3 is 0 Å². The minimum atomic E-state index is -0.605. The van der Waals surface area contributed by atoms with Gasteiger partial charge in [0.2, 0.25) is 0 Å². The molecule has 0 unspecified atom stereocenters. The van der Waals surface area contributed by atoms with Crippen molar-refractivity contribution in [1.29, 1.82) is 0 Å². The molecule has 7 nitrogen and oxygen atoms in total. The van der Waals surface area contributed by atoms with E-state index in [-0.39, 0.29) is 23.8 Å². The lowest BCUT2D eigenvalue weighted by atomic mass is 10.2. The number of hydrogen-bond acceptors (Lipinski definition) is 5. The summed E-state index contributed by atoms with van der Waals surface area (Å²) in [5.74, 6) is -0.151. The number of aryl methyl sites for hydroxylation is 1. The molecule has 3 N–H and O–H groups in total. The number of benzene rings is 1. The van der Waals surface area contributed by atoms with E-state index in [0.717, 1.165) is 6.07 Å². The molecule has 1 aromatic heterocycles. The van der Waals surface area contributed by atoms with Gasteiger partial charge in [-0.05, 0) is 18.2 Å². The molecule has 0 saturated carbocycles. The lowest BCUT2D eigenvalue weighted by Gasteiger charge is -2.07. The van der Waals surface area contributed by atoms with Crippen molar-refractivity contribution in [3.8, 4) is 5.75 Å². The molecule has 0 aliphatic heterocycles. The van der Waals surface area contributed by atoms with Crippen LogP contribution in [0, 0.1) is 5.82 Å². The van der Waals surface area contributed by atoms with Crippen molar-refractivity contribution in [2.75, 3.05) is 0 Å². The number of amidine groups is 1. The first-order chi connectivity index (χ1) is 9.11. The number of halogens is 1.